The van der Waals surface area contributed by atoms with E-state index in [-0.39, 0.29) is 5.02 Å². The average molecular weight is 439 g/mol. The molecule has 0 saturated heterocycles. The normalized spacial score (nSPS) is 11.7. The Morgan fingerprint density at radius 2 is 1.82 bits per heavy atom. The van der Waals surface area contributed by atoms with Crippen molar-refractivity contribution in [2.75, 3.05) is 6.61 Å². The van der Waals surface area contributed by atoms with Gasteiger partial charge in [-0.3, -0.25) is 14.9 Å². The summed E-state index contributed by atoms with van der Waals surface area (Å²) in [5.74, 6) is -2.03. The summed E-state index contributed by atoms with van der Waals surface area (Å²) >= 11 is 5.81. The molecule has 1 N–H and O–H groups in total. The number of sulfonamides is 1. The number of rotatable bonds is 6. The van der Waals surface area contributed by atoms with Crippen LogP contribution < -0.4 is 9.46 Å². The van der Waals surface area contributed by atoms with Crippen molar-refractivity contribution < 1.29 is 36.0 Å². The number of nitro benzene ring substituents is 1. The van der Waals surface area contributed by atoms with Crippen molar-refractivity contribution in [2.24, 2.45) is 0 Å². The number of hydrogen-bond donors (Lipinski definition) is 1. The zero-order chi connectivity index (χ0) is 21.1. The zero-order valence-electron chi connectivity index (χ0n) is 13.6. The first-order valence-corrected chi connectivity index (χ1v) is 9.07. The number of carbonyl (C=O) groups excluding carboxylic acids is 1. The average Bonchev–Trinajstić information content (AvgIpc) is 2.58. The third kappa shape index (κ3) is 5.10. The molecule has 0 bridgehead atoms. The van der Waals surface area contributed by atoms with Crippen LogP contribution in [0.5, 0.6) is 5.75 Å². The van der Waals surface area contributed by atoms with Crippen molar-refractivity contribution in [1.82, 2.24) is 4.72 Å². The van der Waals surface area contributed by atoms with E-state index in [9.17, 15) is 36.5 Å². The largest absolute Gasteiger partial charge is 0.483 e. The summed E-state index contributed by atoms with van der Waals surface area (Å²) in [6, 6.07) is 7.53. The number of para-hydroxylation sites is 1. The van der Waals surface area contributed by atoms with E-state index in [2.05, 4.69) is 4.74 Å². The number of nitrogens with zero attached hydrogens (tertiary/aromatic N) is 1. The molecule has 8 nitrogen and oxygen atoms in total. The van der Waals surface area contributed by atoms with Crippen LogP contribution in [0.4, 0.5) is 18.9 Å². The quantitative estimate of drug-likeness (QED) is 0.546. The summed E-state index contributed by atoms with van der Waals surface area (Å²) in [4.78, 5) is 21.6. The van der Waals surface area contributed by atoms with Gasteiger partial charge in [-0.05, 0) is 18.2 Å². The van der Waals surface area contributed by atoms with E-state index in [0.29, 0.717) is 0 Å². The monoisotopic (exact) mass is 438 g/mol. The Kier molecular flexibility index (Phi) is 6.14. The minimum absolute atomic E-state index is 0.380. The summed E-state index contributed by atoms with van der Waals surface area (Å²) < 4.78 is 67.9. The number of ether oxygens (including phenoxy) is 1. The summed E-state index contributed by atoms with van der Waals surface area (Å²) in [5, 5.41) is 10.6. The second-order valence-electron chi connectivity index (χ2n) is 5.18. The van der Waals surface area contributed by atoms with Gasteiger partial charge in [0.15, 0.2) is 11.5 Å². The smallest absolute Gasteiger partial charge is 0.422 e. The summed E-state index contributed by atoms with van der Waals surface area (Å²) in [6.45, 7) is -1.75. The molecule has 28 heavy (non-hydrogen) atoms. The molecular weight excluding hydrogens is 429 g/mol. The number of benzene rings is 2. The first-order chi connectivity index (χ1) is 12.9. The molecule has 1 amide bonds. The molecule has 0 atom stereocenters. The maximum atomic E-state index is 12.4. The second-order valence-corrected chi connectivity index (χ2v) is 7.23. The fraction of sp³-hybridized carbons (Fsp3) is 0.133. The van der Waals surface area contributed by atoms with Gasteiger partial charge in [-0.15, -0.1) is 0 Å². The standard InChI is InChI=1S/C15H10ClF3N2O6S/c16-9-4-3-6-11(27-8-15(17,18)19)13(9)14(22)20-28(25,26)12-7-2-1-5-10(12)21(23)24/h1-7H,8H2,(H,20,22). The molecular formula is C15H10ClF3N2O6S. The molecule has 0 fully saturated rings. The van der Waals surface area contributed by atoms with Gasteiger partial charge in [0.05, 0.1) is 9.95 Å². The highest BCUT2D eigenvalue weighted by molar-refractivity contribution is 7.90. The number of amides is 1. The van der Waals surface area contributed by atoms with Crippen molar-refractivity contribution in [3.63, 3.8) is 0 Å². The minimum Gasteiger partial charge on any atom is -0.483 e. The molecule has 0 radical (unpaired) electrons. The molecule has 0 aliphatic rings. The van der Waals surface area contributed by atoms with E-state index >= 15 is 0 Å². The maximum Gasteiger partial charge on any atom is 0.422 e. The van der Waals surface area contributed by atoms with Gasteiger partial charge in [0.2, 0.25) is 0 Å². The van der Waals surface area contributed by atoms with Gasteiger partial charge in [0.1, 0.15) is 11.3 Å². The summed E-state index contributed by atoms with van der Waals surface area (Å²) in [5.41, 5.74) is -1.47. The van der Waals surface area contributed by atoms with Crippen LogP contribution in [0.2, 0.25) is 5.02 Å². The highest BCUT2D eigenvalue weighted by Crippen LogP contribution is 2.29. The molecule has 0 saturated carbocycles. The summed E-state index contributed by atoms with van der Waals surface area (Å²) in [7, 11) is -4.74. The number of nitro groups is 1. The second kappa shape index (κ2) is 8.02. The van der Waals surface area contributed by atoms with Crippen molar-refractivity contribution >= 4 is 33.2 Å². The van der Waals surface area contributed by atoms with Gasteiger partial charge in [0.25, 0.3) is 21.6 Å². The molecule has 0 aliphatic carbocycles. The fourth-order valence-electron chi connectivity index (χ4n) is 2.07. The van der Waals surface area contributed by atoms with E-state index < -0.39 is 55.5 Å². The first-order valence-electron chi connectivity index (χ1n) is 7.21. The van der Waals surface area contributed by atoms with Gasteiger partial charge in [-0.1, -0.05) is 29.8 Å². The predicted molar refractivity (Wildman–Crippen MR) is 90.8 cm³/mol. The Morgan fingerprint density at radius 1 is 1.18 bits per heavy atom. The van der Waals surface area contributed by atoms with Crippen molar-refractivity contribution in [1.29, 1.82) is 0 Å². The third-order valence-electron chi connectivity index (χ3n) is 3.17. The Bertz CT molecular complexity index is 1030. The van der Waals surface area contributed by atoms with Crippen molar-refractivity contribution in [2.45, 2.75) is 11.1 Å². The molecule has 0 unspecified atom stereocenters. The van der Waals surface area contributed by atoms with Crippen LogP contribution in [0, 0.1) is 10.1 Å². The van der Waals surface area contributed by atoms with E-state index in [0.717, 1.165) is 24.3 Å². The molecule has 13 heteroatoms. The van der Waals surface area contributed by atoms with Crippen LogP contribution in [0.15, 0.2) is 47.4 Å². The number of hydrogen-bond acceptors (Lipinski definition) is 6. The predicted octanol–water partition coefficient (Wildman–Crippen LogP) is 3.31. The molecule has 2 aromatic rings. The SMILES string of the molecule is O=C(NS(=O)(=O)c1ccccc1[N+](=O)[O-])c1c(Cl)cccc1OCC(F)(F)F. The van der Waals surface area contributed by atoms with Gasteiger partial charge < -0.3 is 4.74 Å². The van der Waals surface area contributed by atoms with Crippen molar-refractivity contribution in [3.05, 3.63) is 63.2 Å². The Morgan fingerprint density at radius 3 is 2.43 bits per heavy atom. The van der Waals surface area contributed by atoms with Gasteiger partial charge in [0, 0.05) is 6.07 Å². The molecule has 0 aliphatic heterocycles. The van der Waals surface area contributed by atoms with Gasteiger partial charge in [-0.25, -0.2) is 13.1 Å². The van der Waals surface area contributed by atoms with E-state index in [4.69, 9.17) is 11.6 Å². The first kappa shape index (κ1) is 21.4. The number of carbonyl (C=O) groups is 1. The van der Waals surface area contributed by atoms with Crippen LogP contribution in [-0.2, 0) is 10.0 Å². The molecule has 150 valence electrons. The van der Waals surface area contributed by atoms with Crippen LogP contribution in [0.1, 0.15) is 10.4 Å². The van der Waals surface area contributed by atoms with Crippen LogP contribution in [0.25, 0.3) is 0 Å². The topological polar surface area (TPSA) is 116 Å². The minimum atomic E-state index is -4.74. The third-order valence-corrected chi connectivity index (χ3v) is 4.87. The van der Waals surface area contributed by atoms with Gasteiger partial charge >= 0.3 is 6.18 Å². The van der Waals surface area contributed by atoms with Crippen LogP contribution >= 0.6 is 11.6 Å². The number of nitrogens with one attached hydrogen (secondary N) is 1. The Balaban J connectivity index is 2.39. The lowest BCUT2D eigenvalue weighted by Crippen LogP contribution is -2.32. The summed E-state index contributed by atoms with van der Waals surface area (Å²) in [6.07, 6.45) is -4.72. The van der Waals surface area contributed by atoms with Crippen molar-refractivity contribution in [3.8, 4) is 5.75 Å². The zero-order valence-corrected chi connectivity index (χ0v) is 15.1. The highest BCUT2D eigenvalue weighted by Gasteiger charge is 2.31. The maximum absolute atomic E-state index is 12.4. The number of alkyl halides is 3. The Labute approximate surface area is 161 Å². The molecule has 0 aromatic heterocycles. The van der Waals surface area contributed by atoms with E-state index in [1.165, 1.54) is 18.2 Å². The van der Waals surface area contributed by atoms with E-state index in [1.54, 1.807) is 4.72 Å². The van der Waals surface area contributed by atoms with E-state index in [1.807, 2.05) is 0 Å². The molecule has 2 rings (SSSR count). The number of halogens is 4. The fourth-order valence-corrected chi connectivity index (χ4v) is 3.45. The highest BCUT2D eigenvalue weighted by atomic mass is 35.5. The van der Waals surface area contributed by atoms with Crippen LogP contribution in [-0.4, -0.2) is 32.0 Å². The molecule has 0 heterocycles. The lowest BCUT2D eigenvalue weighted by atomic mass is 10.2. The molecule has 0 spiro atoms. The van der Waals surface area contributed by atoms with Crippen LogP contribution in [0.3, 0.4) is 0 Å². The molecule has 2 aromatic carbocycles. The lowest BCUT2D eigenvalue weighted by molar-refractivity contribution is -0.387. The lowest BCUT2D eigenvalue weighted by Gasteiger charge is -2.14. The Hall–Kier alpha value is -2.86. The van der Waals surface area contributed by atoms with Gasteiger partial charge in [-0.2, -0.15) is 13.2 Å².